The quantitative estimate of drug-likeness (QED) is 0.466. The van der Waals surface area contributed by atoms with Crippen LogP contribution in [0.25, 0.3) is 21.3 Å². The Kier molecular flexibility index (Phi) is 5.02. The van der Waals surface area contributed by atoms with Crippen molar-refractivity contribution in [1.29, 1.82) is 0 Å². The van der Waals surface area contributed by atoms with Crippen LogP contribution in [0.3, 0.4) is 0 Å². The summed E-state index contributed by atoms with van der Waals surface area (Å²) in [6.07, 6.45) is 0. The van der Waals surface area contributed by atoms with Crippen LogP contribution in [0.4, 0.5) is 5.69 Å². The van der Waals surface area contributed by atoms with Crippen molar-refractivity contribution in [1.82, 2.24) is 4.98 Å². The molecule has 2 aromatic carbocycles. The molecular weight excluding hydrogens is 404 g/mol. The van der Waals surface area contributed by atoms with E-state index in [2.05, 4.69) is 9.71 Å². The maximum absolute atomic E-state index is 13.0. The van der Waals surface area contributed by atoms with E-state index in [0.717, 1.165) is 37.7 Å². The molecule has 0 radical (unpaired) electrons. The molecule has 0 aliphatic rings. The molecule has 0 unspecified atom stereocenters. The van der Waals surface area contributed by atoms with Gasteiger partial charge in [-0.1, -0.05) is 30.3 Å². The summed E-state index contributed by atoms with van der Waals surface area (Å²) in [4.78, 5) is 6.72. The molecule has 0 bridgehead atoms. The van der Waals surface area contributed by atoms with Crippen LogP contribution in [0.1, 0.15) is 10.6 Å². The predicted molar refractivity (Wildman–Crippen MR) is 118 cm³/mol. The monoisotopic (exact) mass is 424 g/mol. The van der Waals surface area contributed by atoms with Gasteiger partial charge in [0.05, 0.1) is 17.7 Å². The fourth-order valence-corrected chi connectivity index (χ4v) is 5.54. The van der Waals surface area contributed by atoms with E-state index in [4.69, 9.17) is 4.74 Å². The molecule has 148 valence electrons. The number of sulfonamides is 1. The van der Waals surface area contributed by atoms with E-state index in [0.29, 0.717) is 5.69 Å². The molecule has 0 atom stereocenters. The van der Waals surface area contributed by atoms with Crippen molar-refractivity contribution in [2.45, 2.75) is 18.7 Å². The standard InChI is InChI=1S/C22H20N2O3S2/c1-14-12-19(24-29(25,26)18-10-5-4-6-11-18)21-20(15(2)28-22(21)23-14)16-8-7-9-17(13-16)27-3/h4-13H,1-3H3,(H,23,24). The lowest BCUT2D eigenvalue weighted by atomic mass is 10.0. The molecule has 4 aromatic rings. The summed E-state index contributed by atoms with van der Waals surface area (Å²) in [7, 11) is -2.09. The topological polar surface area (TPSA) is 68.3 Å². The van der Waals surface area contributed by atoms with E-state index in [1.54, 1.807) is 54.8 Å². The second kappa shape index (κ2) is 7.50. The minimum Gasteiger partial charge on any atom is -0.497 e. The highest BCUT2D eigenvalue weighted by Crippen LogP contribution is 2.42. The lowest BCUT2D eigenvalue weighted by molar-refractivity contribution is 0.415. The van der Waals surface area contributed by atoms with Gasteiger partial charge in [-0.2, -0.15) is 0 Å². The van der Waals surface area contributed by atoms with Crippen molar-refractivity contribution in [3.63, 3.8) is 0 Å². The van der Waals surface area contributed by atoms with Crippen LogP contribution in [-0.2, 0) is 10.0 Å². The number of ether oxygens (including phenoxy) is 1. The Morgan fingerprint density at radius 1 is 1.00 bits per heavy atom. The number of pyridine rings is 1. The first kappa shape index (κ1) is 19.4. The van der Waals surface area contributed by atoms with Crippen molar-refractivity contribution in [2.24, 2.45) is 0 Å². The Morgan fingerprint density at radius 3 is 2.48 bits per heavy atom. The molecule has 0 aliphatic heterocycles. The van der Waals surface area contributed by atoms with E-state index < -0.39 is 10.0 Å². The van der Waals surface area contributed by atoms with Crippen LogP contribution in [0, 0.1) is 13.8 Å². The second-order valence-electron chi connectivity index (χ2n) is 6.68. The smallest absolute Gasteiger partial charge is 0.261 e. The SMILES string of the molecule is COc1cccc(-c2c(C)sc3nc(C)cc(NS(=O)(=O)c4ccccc4)c23)c1. The molecule has 0 amide bonds. The molecule has 0 saturated heterocycles. The van der Waals surface area contributed by atoms with Gasteiger partial charge in [-0.25, -0.2) is 13.4 Å². The zero-order valence-electron chi connectivity index (χ0n) is 16.3. The van der Waals surface area contributed by atoms with E-state index in [1.165, 1.54) is 0 Å². The highest BCUT2D eigenvalue weighted by Gasteiger charge is 2.21. The van der Waals surface area contributed by atoms with Crippen molar-refractivity contribution in [2.75, 3.05) is 11.8 Å². The average molecular weight is 425 g/mol. The van der Waals surface area contributed by atoms with Gasteiger partial charge in [-0.3, -0.25) is 4.72 Å². The third-order valence-electron chi connectivity index (χ3n) is 4.62. The zero-order chi connectivity index (χ0) is 20.6. The molecule has 0 aliphatic carbocycles. The van der Waals surface area contributed by atoms with Gasteiger partial charge in [0.1, 0.15) is 10.6 Å². The van der Waals surface area contributed by atoms with Gasteiger partial charge in [-0.05, 0) is 49.7 Å². The molecule has 0 spiro atoms. The van der Waals surface area contributed by atoms with Crippen molar-refractivity contribution in [3.8, 4) is 16.9 Å². The zero-order valence-corrected chi connectivity index (χ0v) is 17.9. The summed E-state index contributed by atoms with van der Waals surface area (Å²) in [5.74, 6) is 0.743. The third-order valence-corrected chi connectivity index (χ3v) is 7.00. The number of nitrogens with one attached hydrogen (secondary N) is 1. The molecule has 2 aromatic heterocycles. The summed E-state index contributed by atoms with van der Waals surface area (Å²) < 4.78 is 34.1. The van der Waals surface area contributed by atoms with Gasteiger partial charge in [0, 0.05) is 21.5 Å². The number of hydrogen-bond acceptors (Lipinski definition) is 5. The number of methoxy groups -OCH3 is 1. The van der Waals surface area contributed by atoms with Crippen molar-refractivity contribution in [3.05, 3.63) is 71.2 Å². The largest absolute Gasteiger partial charge is 0.497 e. The summed E-state index contributed by atoms with van der Waals surface area (Å²) in [5, 5.41) is 0.797. The normalized spacial score (nSPS) is 11.6. The van der Waals surface area contributed by atoms with Gasteiger partial charge in [0.15, 0.2) is 0 Å². The van der Waals surface area contributed by atoms with Gasteiger partial charge >= 0.3 is 0 Å². The molecule has 29 heavy (non-hydrogen) atoms. The van der Waals surface area contributed by atoms with Crippen molar-refractivity contribution < 1.29 is 13.2 Å². The maximum atomic E-state index is 13.0. The number of hydrogen-bond donors (Lipinski definition) is 1. The van der Waals surface area contributed by atoms with Crippen molar-refractivity contribution >= 4 is 37.3 Å². The first-order valence-electron chi connectivity index (χ1n) is 9.02. The summed E-state index contributed by atoms with van der Waals surface area (Å²) in [6, 6.07) is 17.9. The van der Waals surface area contributed by atoms with Crippen LogP contribution < -0.4 is 9.46 Å². The highest BCUT2D eigenvalue weighted by molar-refractivity contribution is 7.92. The van der Waals surface area contributed by atoms with E-state index in [1.807, 2.05) is 38.1 Å². The summed E-state index contributed by atoms with van der Waals surface area (Å²) >= 11 is 1.55. The lowest BCUT2D eigenvalue weighted by Crippen LogP contribution is -2.13. The lowest BCUT2D eigenvalue weighted by Gasteiger charge is -2.12. The molecule has 2 heterocycles. The van der Waals surface area contributed by atoms with E-state index in [-0.39, 0.29) is 4.90 Å². The minimum absolute atomic E-state index is 0.220. The fraction of sp³-hybridized carbons (Fsp3) is 0.136. The van der Waals surface area contributed by atoms with Gasteiger partial charge in [-0.15, -0.1) is 11.3 Å². The van der Waals surface area contributed by atoms with Gasteiger partial charge in [0.25, 0.3) is 10.0 Å². The summed E-state index contributed by atoms with van der Waals surface area (Å²) in [6.45, 7) is 3.88. The summed E-state index contributed by atoms with van der Waals surface area (Å²) in [5.41, 5.74) is 3.20. The number of nitrogens with zero attached hydrogens (tertiary/aromatic N) is 1. The van der Waals surface area contributed by atoms with E-state index >= 15 is 0 Å². The van der Waals surface area contributed by atoms with E-state index in [9.17, 15) is 8.42 Å². The van der Waals surface area contributed by atoms with Gasteiger partial charge in [0.2, 0.25) is 0 Å². The molecule has 4 rings (SSSR count). The third kappa shape index (κ3) is 3.71. The van der Waals surface area contributed by atoms with Crippen LogP contribution in [0.2, 0.25) is 0 Å². The Labute approximate surface area is 174 Å². The van der Waals surface area contributed by atoms with Crippen LogP contribution in [-0.4, -0.2) is 20.5 Å². The van der Waals surface area contributed by atoms with Gasteiger partial charge < -0.3 is 4.74 Å². The Morgan fingerprint density at radius 2 is 1.76 bits per heavy atom. The number of aromatic nitrogens is 1. The maximum Gasteiger partial charge on any atom is 0.261 e. The number of rotatable bonds is 5. The Bertz CT molecular complexity index is 1300. The minimum atomic E-state index is -3.72. The highest BCUT2D eigenvalue weighted by atomic mass is 32.2. The first-order chi connectivity index (χ1) is 13.9. The molecule has 5 nitrogen and oxygen atoms in total. The first-order valence-corrected chi connectivity index (χ1v) is 11.3. The number of aryl methyl sites for hydroxylation is 2. The predicted octanol–water partition coefficient (Wildman–Crippen LogP) is 5.39. The second-order valence-corrected chi connectivity index (χ2v) is 9.56. The Balaban J connectivity index is 1.93. The molecule has 7 heteroatoms. The number of benzene rings is 2. The molecule has 0 fully saturated rings. The molecule has 1 N–H and O–H groups in total. The van der Waals surface area contributed by atoms with Crippen LogP contribution in [0.15, 0.2) is 65.6 Å². The number of anilines is 1. The van der Waals surface area contributed by atoms with Crippen LogP contribution in [0.5, 0.6) is 5.75 Å². The average Bonchev–Trinajstić information content (AvgIpc) is 3.04. The van der Waals surface area contributed by atoms with Crippen LogP contribution >= 0.6 is 11.3 Å². The number of thiophene rings is 1. The fourth-order valence-electron chi connectivity index (χ4n) is 3.34. The molecular formula is C22H20N2O3S2. The number of fused-ring (bicyclic) bond motifs is 1. The molecule has 0 saturated carbocycles. The Hall–Kier alpha value is -2.90.